The second-order valence-electron chi connectivity index (χ2n) is 4.21. The van der Waals surface area contributed by atoms with E-state index in [1.807, 2.05) is 0 Å². The summed E-state index contributed by atoms with van der Waals surface area (Å²) in [4.78, 5) is 2.71. The first-order valence-electron chi connectivity index (χ1n) is 6.41. The van der Waals surface area contributed by atoms with Gasteiger partial charge in [-0.25, -0.2) is 0 Å². The molecule has 1 aliphatic rings. The number of nitrogens with one attached hydrogen (secondary N) is 1. The number of piperidine rings is 1. The van der Waals surface area contributed by atoms with E-state index in [1.54, 1.807) is 0 Å². The lowest BCUT2D eigenvalue weighted by Crippen LogP contribution is -2.44. The Morgan fingerprint density at radius 1 is 1.20 bits per heavy atom. The number of nitrogens with zero attached hydrogens (tertiary/aromatic N) is 1. The van der Waals surface area contributed by atoms with Gasteiger partial charge in [-0.15, -0.1) is 0 Å². The minimum atomic E-state index is 0.851. The van der Waals surface area contributed by atoms with E-state index in [2.05, 4.69) is 35.8 Å². The Morgan fingerprint density at radius 2 is 1.93 bits per heavy atom. The number of hydrogen-bond donors (Lipinski definition) is 1. The van der Waals surface area contributed by atoms with E-state index in [0.717, 1.165) is 6.04 Å². The Hall–Kier alpha value is 0.270. The van der Waals surface area contributed by atoms with Crippen LogP contribution in [-0.2, 0) is 0 Å². The summed E-state index contributed by atoms with van der Waals surface area (Å²) in [6.07, 6.45) is 3.98. The van der Waals surface area contributed by atoms with Crippen molar-refractivity contribution < 1.29 is 0 Å². The van der Waals surface area contributed by atoms with Crippen LogP contribution in [0.25, 0.3) is 0 Å². The van der Waals surface area contributed by atoms with Crippen molar-refractivity contribution in [1.29, 1.82) is 0 Å². The van der Waals surface area contributed by atoms with Gasteiger partial charge in [-0.3, -0.25) is 4.90 Å². The molecular weight excluding hydrogens is 204 g/mol. The molecule has 1 fully saturated rings. The molecule has 2 nitrogen and oxygen atoms in total. The molecule has 0 radical (unpaired) electrons. The maximum Gasteiger partial charge on any atom is 0.0120 e. The second-order valence-corrected chi connectivity index (χ2v) is 5.61. The lowest BCUT2D eigenvalue weighted by Gasteiger charge is -2.34. The van der Waals surface area contributed by atoms with E-state index in [0.29, 0.717) is 0 Å². The maximum atomic E-state index is 3.45. The van der Waals surface area contributed by atoms with E-state index in [4.69, 9.17) is 0 Å². The van der Waals surface area contributed by atoms with Crippen LogP contribution in [0.3, 0.4) is 0 Å². The van der Waals surface area contributed by atoms with Gasteiger partial charge in [0.25, 0.3) is 0 Å². The molecule has 3 heteroatoms. The molecule has 0 amide bonds. The molecule has 1 N–H and O–H groups in total. The quantitative estimate of drug-likeness (QED) is 0.675. The summed E-state index contributed by atoms with van der Waals surface area (Å²) >= 11 is 2.07. The van der Waals surface area contributed by atoms with Crippen molar-refractivity contribution in [3.63, 3.8) is 0 Å². The fraction of sp³-hybridized carbons (Fsp3) is 1.00. The molecule has 0 aliphatic carbocycles. The molecule has 1 heterocycles. The Kier molecular flexibility index (Phi) is 7.49. The van der Waals surface area contributed by atoms with Crippen LogP contribution in [0.2, 0.25) is 0 Å². The van der Waals surface area contributed by atoms with Gasteiger partial charge in [0.2, 0.25) is 0 Å². The Labute approximate surface area is 99.2 Å². The number of hydrogen-bond acceptors (Lipinski definition) is 3. The molecule has 0 spiro atoms. The third-order valence-corrected chi connectivity index (χ3v) is 3.94. The molecule has 0 atom stereocenters. The monoisotopic (exact) mass is 230 g/mol. The van der Waals surface area contributed by atoms with Crippen molar-refractivity contribution in [3.05, 3.63) is 0 Å². The Balaban J connectivity index is 2.26. The van der Waals surface area contributed by atoms with Crippen LogP contribution in [0.15, 0.2) is 0 Å². The Bertz CT molecular complexity index is 147. The van der Waals surface area contributed by atoms with Crippen LogP contribution in [0.1, 0.15) is 33.1 Å². The molecule has 90 valence electrons. The van der Waals surface area contributed by atoms with Gasteiger partial charge < -0.3 is 5.32 Å². The predicted molar refractivity (Wildman–Crippen MR) is 70.8 cm³/mol. The van der Waals surface area contributed by atoms with Crippen molar-refractivity contribution in [2.75, 3.05) is 37.7 Å². The molecule has 15 heavy (non-hydrogen) atoms. The van der Waals surface area contributed by atoms with Gasteiger partial charge in [0, 0.05) is 18.3 Å². The van der Waals surface area contributed by atoms with Gasteiger partial charge >= 0.3 is 0 Å². The minimum Gasteiger partial charge on any atom is -0.317 e. The van der Waals surface area contributed by atoms with Crippen LogP contribution in [0, 0.1) is 0 Å². The molecule has 0 bridgehead atoms. The highest BCUT2D eigenvalue weighted by molar-refractivity contribution is 7.99. The number of rotatable bonds is 7. The van der Waals surface area contributed by atoms with Crippen molar-refractivity contribution in [2.24, 2.45) is 0 Å². The lowest BCUT2D eigenvalue weighted by molar-refractivity contribution is 0.172. The number of thioether (sulfide) groups is 1. The highest BCUT2D eigenvalue weighted by atomic mass is 32.2. The molecule has 0 saturated carbocycles. The van der Waals surface area contributed by atoms with Gasteiger partial charge in [-0.05, 0) is 44.6 Å². The molecule has 0 unspecified atom stereocenters. The lowest BCUT2D eigenvalue weighted by atomic mass is 10.0. The molecule has 1 aliphatic heterocycles. The smallest absolute Gasteiger partial charge is 0.0120 e. The van der Waals surface area contributed by atoms with Crippen molar-refractivity contribution in [1.82, 2.24) is 10.2 Å². The fourth-order valence-corrected chi connectivity index (χ4v) is 2.91. The van der Waals surface area contributed by atoms with Gasteiger partial charge in [0.05, 0.1) is 0 Å². The van der Waals surface area contributed by atoms with Crippen LogP contribution in [-0.4, -0.2) is 48.6 Å². The molecule has 0 aromatic rings. The van der Waals surface area contributed by atoms with Gasteiger partial charge in [-0.1, -0.05) is 13.8 Å². The SMILES string of the molecule is CCCN(CCSCC)C1CCNCC1. The summed E-state index contributed by atoms with van der Waals surface area (Å²) in [7, 11) is 0. The van der Waals surface area contributed by atoms with Crippen molar-refractivity contribution >= 4 is 11.8 Å². The first-order chi connectivity index (χ1) is 7.38. The van der Waals surface area contributed by atoms with Gasteiger partial charge in [0.15, 0.2) is 0 Å². The fourth-order valence-electron chi connectivity index (χ4n) is 2.26. The average Bonchev–Trinajstić information content (AvgIpc) is 2.29. The maximum absolute atomic E-state index is 3.45. The summed E-state index contributed by atoms with van der Waals surface area (Å²) in [5.74, 6) is 2.56. The minimum absolute atomic E-state index is 0.851. The first-order valence-corrected chi connectivity index (χ1v) is 7.56. The molecule has 0 aromatic heterocycles. The highest BCUT2D eigenvalue weighted by Gasteiger charge is 2.19. The van der Waals surface area contributed by atoms with Gasteiger partial charge in [-0.2, -0.15) is 11.8 Å². The second kappa shape index (κ2) is 8.43. The Morgan fingerprint density at radius 3 is 2.53 bits per heavy atom. The standard InChI is InChI=1S/C12H26N2S/c1-3-9-14(10-11-15-4-2)12-5-7-13-8-6-12/h12-13H,3-11H2,1-2H3. The third-order valence-electron chi connectivity index (χ3n) is 3.06. The summed E-state index contributed by atoms with van der Waals surface area (Å²) in [6, 6.07) is 0.851. The topological polar surface area (TPSA) is 15.3 Å². The van der Waals surface area contributed by atoms with Crippen LogP contribution in [0.4, 0.5) is 0 Å². The third kappa shape index (κ3) is 5.23. The van der Waals surface area contributed by atoms with Crippen LogP contribution in [0.5, 0.6) is 0 Å². The highest BCUT2D eigenvalue weighted by Crippen LogP contribution is 2.13. The van der Waals surface area contributed by atoms with Crippen molar-refractivity contribution in [3.8, 4) is 0 Å². The molecule has 1 rings (SSSR count). The molecular formula is C12H26N2S. The van der Waals surface area contributed by atoms with Crippen LogP contribution >= 0.6 is 11.8 Å². The largest absolute Gasteiger partial charge is 0.317 e. The van der Waals surface area contributed by atoms with E-state index in [1.165, 1.54) is 56.9 Å². The van der Waals surface area contributed by atoms with E-state index >= 15 is 0 Å². The summed E-state index contributed by atoms with van der Waals surface area (Å²) < 4.78 is 0. The molecule has 1 saturated heterocycles. The summed E-state index contributed by atoms with van der Waals surface area (Å²) in [6.45, 7) is 9.55. The summed E-state index contributed by atoms with van der Waals surface area (Å²) in [5, 5.41) is 3.45. The van der Waals surface area contributed by atoms with E-state index in [-0.39, 0.29) is 0 Å². The summed E-state index contributed by atoms with van der Waals surface area (Å²) in [5.41, 5.74) is 0. The first kappa shape index (κ1) is 13.3. The average molecular weight is 230 g/mol. The van der Waals surface area contributed by atoms with E-state index < -0.39 is 0 Å². The zero-order valence-electron chi connectivity index (χ0n) is 10.3. The predicted octanol–water partition coefficient (Wildman–Crippen LogP) is 2.20. The van der Waals surface area contributed by atoms with Crippen molar-refractivity contribution in [2.45, 2.75) is 39.2 Å². The normalized spacial score (nSPS) is 18.6. The zero-order chi connectivity index (χ0) is 10.9. The van der Waals surface area contributed by atoms with Crippen LogP contribution < -0.4 is 5.32 Å². The van der Waals surface area contributed by atoms with Gasteiger partial charge in [0.1, 0.15) is 0 Å². The van der Waals surface area contributed by atoms with E-state index in [9.17, 15) is 0 Å². The zero-order valence-corrected chi connectivity index (χ0v) is 11.1. The molecule has 0 aromatic carbocycles.